The molecule has 0 aliphatic heterocycles. The summed E-state index contributed by atoms with van der Waals surface area (Å²) < 4.78 is 5.41. The maximum absolute atomic E-state index is 12.6. The average molecular weight is 337 g/mol. The number of carbonyl (C=O) groups is 1. The molecule has 2 aromatic carbocycles. The molecule has 0 radical (unpaired) electrons. The van der Waals surface area contributed by atoms with Crippen molar-refractivity contribution in [2.75, 3.05) is 6.61 Å². The van der Waals surface area contributed by atoms with Gasteiger partial charge in [0.2, 0.25) is 0 Å². The van der Waals surface area contributed by atoms with Gasteiger partial charge in [0.15, 0.2) is 0 Å². The van der Waals surface area contributed by atoms with Gasteiger partial charge in [0, 0.05) is 10.0 Å². The fraction of sp³-hybridized carbons (Fsp3) is 0.278. The smallest absolute Gasteiger partial charge is 0.318 e. The van der Waals surface area contributed by atoms with E-state index in [2.05, 4.69) is 0 Å². The van der Waals surface area contributed by atoms with Crippen molar-refractivity contribution < 1.29 is 9.53 Å². The van der Waals surface area contributed by atoms with Gasteiger partial charge in [0.05, 0.1) is 6.61 Å². The molecule has 2 nitrogen and oxygen atoms in total. The Bertz CT molecular complexity index is 595. The van der Waals surface area contributed by atoms with E-state index in [9.17, 15) is 4.79 Å². The number of hydrogen-bond donors (Lipinski definition) is 0. The average Bonchev–Trinajstić information content (AvgIpc) is 2.51. The molecule has 0 aliphatic rings. The Hall–Kier alpha value is -1.51. The second-order valence-electron chi connectivity index (χ2n) is 5.00. The molecule has 0 aromatic heterocycles. The molecule has 2 aromatic rings. The maximum Gasteiger partial charge on any atom is 0.318 e. The summed E-state index contributed by atoms with van der Waals surface area (Å²) in [6, 6.07) is 14.6. The van der Waals surface area contributed by atoms with Crippen LogP contribution in [0.15, 0.2) is 48.5 Å². The summed E-state index contributed by atoms with van der Waals surface area (Å²) in [6.07, 6.45) is 1.81. The second-order valence-corrected chi connectivity index (χ2v) is 5.81. The Morgan fingerprint density at radius 2 is 1.50 bits per heavy atom. The van der Waals surface area contributed by atoms with Gasteiger partial charge < -0.3 is 4.74 Å². The number of ether oxygens (including phenoxy) is 1. The molecule has 0 N–H and O–H groups in total. The molecule has 0 unspecified atom stereocenters. The third-order valence-corrected chi connectivity index (χ3v) is 4.10. The molecule has 116 valence electrons. The van der Waals surface area contributed by atoms with E-state index in [0.717, 1.165) is 12.8 Å². The number of carbonyl (C=O) groups excluding carboxylic acids is 1. The first-order valence-electron chi connectivity index (χ1n) is 7.30. The van der Waals surface area contributed by atoms with Gasteiger partial charge in [-0.2, -0.15) is 0 Å². The van der Waals surface area contributed by atoms with E-state index >= 15 is 0 Å². The maximum atomic E-state index is 12.6. The molecule has 2 rings (SSSR count). The SMILES string of the molecule is CCCCOC(=O)C(c1ccccc1Cl)c1ccccc1Cl. The Balaban J connectivity index is 2.39. The van der Waals surface area contributed by atoms with E-state index in [4.69, 9.17) is 27.9 Å². The topological polar surface area (TPSA) is 26.3 Å². The summed E-state index contributed by atoms with van der Waals surface area (Å²) >= 11 is 12.6. The largest absolute Gasteiger partial charge is 0.465 e. The van der Waals surface area contributed by atoms with Crippen molar-refractivity contribution in [1.82, 2.24) is 0 Å². The van der Waals surface area contributed by atoms with Crippen LogP contribution in [0.1, 0.15) is 36.8 Å². The summed E-state index contributed by atoms with van der Waals surface area (Å²) in [6.45, 7) is 2.45. The first kappa shape index (κ1) is 16.9. The third kappa shape index (κ3) is 4.02. The van der Waals surface area contributed by atoms with Crippen LogP contribution in [0.3, 0.4) is 0 Å². The zero-order chi connectivity index (χ0) is 15.9. The van der Waals surface area contributed by atoms with Gasteiger partial charge in [-0.25, -0.2) is 0 Å². The lowest BCUT2D eigenvalue weighted by Crippen LogP contribution is -2.18. The molecular formula is C18H18Cl2O2. The number of esters is 1. The van der Waals surface area contributed by atoms with Gasteiger partial charge in [-0.1, -0.05) is 72.9 Å². The van der Waals surface area contributed by atoms with Gasteiger partial charge >= 0.3 is 5.97 Å². The Morgan fingerprint density at radius 3 is 1.95 bits per heavy atom. The van der Waals surface area contributed by atoms with E-state index in [-0.39, 0.29) is 5.97 Å². The predicted molar refractivity (Wildman–Crippen MR) is 90.6 cm³/mol. The minimum absolute atomic E-state index is 0.324. The highest BCUT2D eigenvalue weighted by atomic mass is 35.5. The van der Waals surface area contributed by atoms with E-state index in [1.165, 1.54) is 0 Å². The zero-order valence-corrected chi connectivity index (χ0v) is 13.9. The molecule has 0 bridgehead atoms. The summed E-state index contributed by atoms with van der Waals surface area (Å²) in [4.78, 5) is 12.6. The van der Waals surface area contributed by atoms with Crippen LogP contribution in [0.5, 0.6) is 0 Å². The molecule has 0 heterocycles. The van der Waals surface area contributed by atoms with Crippen LogP contribution >= 0.6 is 23.2 Å². The Labute approximate surface area is 141 Å². The van der Waals surface area contributed by atoms with Crippen molar-refractivity contribution >= 4 is 29.2 Å². The minimum atomic E-state index is -0.612. The number of halogens is 2. The Morgan fingerprint density at radius 1 is 1.00 bits per heavy atom. The number of hydrogen-bond acceptors (Lipinski definition) is 2. The normalized spacial score (nSPS) is 10.7. The Kier molecular flexibility index (Phi) is 6.29. The quantitative estimate of drug-likeness (QED) is 0.516. The third-order valence-electron chi connectivity index (χ3n) is 3.41. The highest BCUT2D eigenvalue weighted by molar-refractivity contribution is 6.32. The molecule has 0 saturated heterocycles. The van der Waals surface area contributed by atoms with Crippen LogP contribution < -0.4 is 0 Å². The van der Waals surface area contributed by atoms with Crippen LogP contribution in [0, 0.1) is 0 Å². The molecule has 0 amide bonds. The lowest BCUT2D eigenvalue weighted by Gasteiger charge is -2.19. The molecular weight excluding hydrogens is 319 g/mol. The first-order chi connectivity index (χ1) is 10.6. The van der Waals surface area contributed by atoms with Crippen LogP contribution in [-0.4, -0.2) is 12.6 Å². The highest BCUT2D eigenvalue weighted by Gasteiger charge is 2.27. The van der Waals surface area contributed by atoms with E-state index in [1.54, 1.807) is 12.1 Å². The second kappa shape index (κ2) is 8.21. The minimum Gasteiger partial charge on any atom is -0.465 e. The summed E-state index contributed by atoms with van der Waals surface area (Å²) in [5.74, 6) is -0.936. The van der Waals surface area contributed by atoms with E-state index in [1.807, 2.05) is 43.3 Å². The van der Waals surface area contributed by atoms with Gasteiger partial charge in [-0.05, 0) is 29.7 Å². The molecule has 22 heavy (non-hydrogen) atoms. The number of benzene rings is 2. The van der Waals surface area contributed by atoms with Crippen molar-refractivity contribution in [1.29, 1.82) is 0 Å². The fourth-order valence-corrected chi connectivity index (χ4v) is 2.73. The van der Waals surface area contributed by atoms with Crippen LogP contribution in [0.4, 0.5) is 0 Å². The van der Waals surface area contributed by atoms with Gasteiger partial charge in [-0.3, -0.25) is 4.79 Å². The van der Waals surface area contributed by atoms with Crippen molar-refractivity contribution in [2.45, 2.75) is 25.7 Å². The van der Waals surface area contributed by atoms with Crippen LogP contribution in [-0.2, 0) is 9.53 Å². The van der Waals surface area contributed by atoms with Gasteiger partial charge in [0.25, 0.3) is 0 Å². The number of unbranched alkanes of at least 4 members (excludes halogenated alkanes) is 1. The van der Waals surface area contributed by atoms with E-state index < -0.39 is 5.92 Å². The molecule has 0 atom stereocenters. The van der Waals surface area contributed by atoms with Crippen LogP contribution in [0.2, 0.25) is 10.0 Å². The fourth-order valence-electron chi connectivity index (χ4n) is 2.24. The summed E-state index contributed by atoms with van der Waals surface area (Å²) in [7, 11) is 0. The van der Waals surface area contributed by atoms with Crippen molar-refractivity contribution in [3.05, 3.63) is 69.7 Å². The predicted octanol–water partition coefficient (Wildman–Crippen LogP) is 5.47. The number of rotatable bonds is 6. The molecule has 0 aliphatic carbocycles. The van der Waals surface area contributed by atoms with Crippen molar-refractivity contribution in [3.8, 4) is 0 Å². The van der Waals surface area contributed by atoms with Crippen molar-refractivity contribution in [3.63, 3.8) is 0 Å². The summed E-state index contributed by atoms with van der Waals surface area (Å²) in [5, 5.41) is 1.06. The van der Waals surface area contributed by atoms with Gasteiger partial charge in [0.1, 0.15) is 5.92 Å². The molecule has 0 fully saturated rings. The van der Waals surface area contributed by atoms with Gasteiger partial charge in [-0.15, -0.1) is 0 Å². The molecule has 0 spiro atoms. The van der Waals surface area contributed by atoms with Crippen LogP contribution in [0.25, 0.3) is 0 Å². The highest BCUT2D eigenvalue weighted by Crippen LogP contribution is 2.35. The molecule has 0 saturated carbocycles. The zero-order valence-electron chi connectivity index (χ0n) is 12.4. The standard InChI is InChI=1S/C18H18Cl2O2/c1-2-3-12-22-18(21)17(13-8-4-6-10-15(13)19)14-9-5-7-11-16(14)20/h4-11,17H,2-3,12H2,1H3. The van der Waals surface area contributed by atoms with E-state index in [0.29, 0.717) is 27.8 Å². The van der Waals surface area contributed by atoms with Crippen molar-refractivity contribution in [2.24, 2.45) is 0 Å². The summed E-state index contributed by atoms with van der Waals surface area (Å²) in [5.41, 5.74) is 1.41. The first-order valence-corrected chi connectivity index (χ1v) is 8.06. The lowest BCUT2D eigenvalue weighted by atomic mass is 9.91. The molecule has 4 heteroatoms. The monoisotopic (exact) mass is 336 g/mol. The lowest BCUT2D eigenvalue weighted by molar-refractivity contribution is -0.144.